The molecule has 0 bridgehead atoms. The minimum absolute atomic E-state index is 0.0713. The molecular weight excluding hydrogens is 277 g/mol. The molecule has 2 rings (SSSR count). The van der Waals surface area contributed by atoms with Gasteiger partial charge in [0.05, 0.1) is 6.54 Å². The third kappa shape index (κ3) is 4.71. The molecule has 1 N–H and O–H groups in total. The maximum Gasteiger partial charge on any atom is 0.401 e. The summed E-state index contributed by atoms with van der Waals surface area (Å²) < 4.78 is 37.7. The minimum Gasteiger partial charge on any atom is -0.313 e. The van der Waals surface area contributed by atoms with E-state index in [0.717, 1.165) is 25.1 Å². The van der Waals surface area contributed by atoms with E-state index in [-0.39, 0.29) is 6.04 Å². The Bertz CT molecular complexity index is 471. The molecule has 0 radical (unpaired) electrons. The number of hydrogen-bond donors (Lipinski definition) is 1. The lowest BCUT2D eigenvalue weighted by atomic mass is 9.93. The molecule has 0 saturated carbocycles. The van der Waals surface area contributed by atoms with Crippen molar-refractivity contribution in [2.24, 2.45) is 0 Å². The molecule has 118 valence electrons. The smallest absolute Gasteiger partial charge is 0.313 e. The quantitative estimate of drug-likeness (QED) is 0.837. The van der Waals surface area contributed by atoms with E-state index in [4.69, 9.17) is 0 Å². The normalized spacial score (nSPS) is 19.6. The Kier molecular flexibility index (Phi) is 5.27. The van der Waals surface area contributed by atoms with Gasteiger partial charge in [0.1, 0.15) is 0 Å². The average Bonchev–Trinajstić information content (AvgIpc) is 2.38. The third-order valence-electron chi connectivity index (χ3n) is 3.92. The van der Waals surface area contributed by atoms with E-state index in [1.54, 1.807) is 0 Å². The van der Waals surface area contributed by atoms with Gasteiger partial charge in [-0.05, 0) is 43.0 Å². The first-order valence-electron chi connectivity index (χ1n) is 7.51. The molecule has 1 aromatic rings. The Balaban J connectivity index is 2.05. The molecule has 1 aliphatic heterocycles. The van der Waals surface area contributed by atoms with Gasteiger partial charge in [-0.1, -0.05) is 25.1 Å². The van der Waals surface area contributed by atoms with Crippen molar-refractivity contribution in [3.8, 4) is 0 Å². The lowest BCUT2D eigenvalue weighted by Gasteiger charge is -2.35. The largest absolute Gasteiger partial charge is 0.401 e. The van der Waals surface area contributed by atoms with Gasteiger partial charge in [0.2, 0.25) is 0 Å². The van der Waals surface area contributed by atoms with E-state index in [9.17, 15) is 13.2 Å². The van der Waals surface area contributed by atoms with Crippen LogP contribution in [0.4, 0.5) is 13.2 Å². The van der Waals surface area contributed by atoms with Crippen LogP contribution in [0.1, 0.15) is 37.0 Å². The first kappa shape index (κ1) is 16.3. The highest BCUT2D eigenvalue weighted by molar-refractivity contribution is 5.34. The van der Waals surface area contributed by atoms with Gasteiger partial charge in [-0.15, -0.1) is 0 Å². The topological polar surface area (TPSA) is 15.3 Å². The van der Waals surface area contributed by atoms with Gasteiger partial charge in [-0.2, -0.15) is 13.2 Å². The number of nitrogens with one attached hydrogen (secondary N) is 1. The molecule has 1 unspecified atom stereocenters. The summed E-state index contributed by atoms with van der Waals surface area (Å²) in [6.07, 6.45) is -2.35. The van der Waals surface area contributed by atoms with Crippen LogP contribution < -0.4 is 5.32 Å². The van der Waals surface area contributed by atoms with Crippen molar-refractivity contribution in [3.05, 3.63) is 34.9 Å². The number of alkyl halides is 3. The Morgan fingerprint density at radius 3 is 2.71 bits per heavy atom. The molecule has 5 heteroatoms. The number of rotatable bonds is 5. The predicted molar refractivity (Wildman–Crippen MR) is 78.1 cm³/mol. The van der Waals surface area contributed by atoms with Crippen molar-refractivity contribution in [2.45, 2.75) is 52.0 Å². The second kappa shape index (κ2) is 6.79. The number of fused-ring (bicyclic) bond motifs is 1. The van der Waals surface area contributed by atoms with E-state index in [1.807, 2.05) is 19.1 Å². The molecule has 0 spiro atoms. The fourth-order valence-corrected chi connectivity index (χ4v) is 2.81. The summed E-state index contributed by atoms with van der Waals surface area (Å²) in [5.74, 6) is 0. The maximum absolute atomic E-state index is 12.6. The van der Waals surface area contributed by atoms with Crippen LogP contribution >= 0.6 is 0 Å². The molecule has 21 heavy (non-hydrogen) atoms. The zero-order valence-electron chi connectivity index (χ0n) is 12.6. The highest BCUT2D eigenvalue weighted by Crippen LogP contribution is 2.27. The highest BCUT2D eigenvalue weighted by atomic mass is 19.4. The molecule has 1 heterocycles. The summed E-state index contributed by atoms with van der Waals surface area (Å²) in [7, 11) is 0. The van der Waals surface area contributed by atoms with E-state index < -0.39 is 12.7 Å². The van der Waals surface area contributed by atoms with Gasteiger partial charge in [-0.3, -0.25) is 4.90 Å². The summed E-state index contributed by atoms with van der Waals surface area (Å²) >= 11 is 0. The van der Waals surface area contributed by atoms with Crippen LogP contribution in [0.25, 0.3) is 0 Å². The molecule has 1 atom stereocenters. The summed E-state index contributed by atoms with van der Waals surface area (Å²) in [6.45, 7) is 5.36. The second-order valence-corrected chi connectivity index (χ2v) is 5.85. The van der Waals surface area contributed by atoms with Gasteiger partial charge in [0.15, 0.2) is 0 Å². The Labute approximate surface area is 124 Å². The van der Waals surface area contributed by atoms with Gasteiger partial charge < -0.3 is 5.32 Å². The van der Waals surface area contributed by atoms with Crippen molar-refractivity contribution < 1.29 is 13.2 Å². The summed E-state index contributed by atoms with van der Waals surface area (Å²) in [5, 5.41) is 3.35. The van der Waals surface area contributed by atoms with Gasteiger partial charge in [-0.25, -0.2) is 0 Å². The molecule has 0 amide bonds. The molecular formula is C16H23F3N2. The molecule has 0 fully saturated rings. The predicted octanol–water partition coefficient (Wildman–Crippen LogP) is 3.50. The SMILES string of the molecule is CCCNCc1ccc2c(c1)CC(C)N(CC(F)(F)F)C2. The molecule has 0 aromatic heterocycles. The molecule has 0 saturated heterocycles. The van der Waals surface area contributed by atoms with Crippen molar-refractivity contribution >= 4 is 0 Å². The van der Waals surface area contributed by atoms with Crippen molar-refractivity contribution in [2.75, 3.05) is 13.1 Å². The van der Waals surface area contributed by atoms with E-state index in [1.165, 1.54) is 16.0 Å². The van der Waals surface area contributed by atoms with Crippen molar-refractivity contribution in [1.82, 2.24) is 10.2 Å². The zero-order valence-corrected chi connectivity index (χ0v) is 12.6. The van der Waals surface area contributed by atoms with Gasteiger partial charge >= 0.3 is 6.18 Å². The number of benzene rings is 1. The van der Waals surface area contributed by atoms with Crippen molar-refractivity contribution in [1.29, 1.82) is 0 Å². The summed E-state index contributed by atoms with van der Waals surface area (Å²) in [6, 6.07) is 6.06. The Morgan fingerprint density at radius 2 is 2.05 bits per heavy atom. The van der Waals surface area contributed by atoms with Crippen LogP contribution in [0.15, 0.2) is 18.2 Å². The van der Waals surface area contributed by atoms with Crippen LogP contribution in [-0.4, -0.2) is 30.2 Å². The highest BCUT2D eigenvalue weighted by Gasteiger charge is 2.34. The van der Waals surface area contributed by atoms with E-state index in [0.29, 0.717) is 13.0 Å². The standard InChI is InChI=1S/C16H23F3N2/c1-3-6-20-9-13-4-5-14-10-21(11-16(17,18)19)12(2)7-15(14)8-13/h4-5,8,12,20H,3,6-7,9-11H2,1-2H3. The number of nitrogens with zero attached hydrogens (tertiary/aromatic N) is 1. The lowest BCUT2D eigenvalue weighted by molar-refractivity contribution is -0.152. The second-order valence-electron chi connectivity index (χ2n) is 5.85. The molecule has 0 aliphatic carbocycles. The van der Waals surface area contributed by atoms with E-state index >= 15 is 0 Å². The number of hydrogen-bond acceptors (Lipinski definition) is 2. The monoisotopic (exact) mass is 300 g/mol. The van der Waals surface area contributed by atoms with Crippen molar-refractivity contribution in [3.63, 3.8) is 0 Å². The summed E-state index contributed by atoms with van der Waals surface area (Å²) in [4.78, 5) is 1.51. The van der Waals surface area contributed by atoms with Crippen LogP contribution in [0, 0.1) is 0 Å². The fourth-order valence-electron chi connectivity index (χ4n) is 2.81. The Morgan fingerprint density at radius 1 is 1.29 bits per heavy atom. The van der Waals surface area contributed by atoms with Crippen LogP contribution in [0.5, 0.6) is 0 Å². The summed E-state index contributed by atoms with van der Waals surface area (Å²) in [5.41, 5.74) is 3.42. The molecule has 1 aliphatic rings. The third-order valence-corrected chi connectivity index (χ3v) is 3.92. The van der Waals surface area contributed by atoms with Crippen LogP contribution in [0.2, 0.25) is 0 Å². The van der Waals surface area contributed by atoms with Gasteiger partial charge in [0, 0.05) is 19.1 Å². The minimum atomic E-state index is -4.13. The van der Waals surface area contributed by atoms with Crippen LogP contribution in [0.3, 0.4) is 0 Å². The Hall–Kier alpha value is -1.07. The fraction of sp³-hybridized carbons (Fsp3) is 0.625. The first-order valence-corrected chi connectivity index (χ1v) is 7.51. The molecule has 1 aromatic carbocycles. The first-order chi connectivity index (χ1) is 9.89. The lowest BCUT2D eigenvalue weighted by Crippen LogP contribution is -2.43. The zero-order chi connectivity index (χ0) is 15.5. The molecule has 2 nitrogen and oxygen atoms in total. The average molecular weight is 300 g/mol. The van der Waals surface area contributed by atoms with Crippen LogP contribution in [-0.2, 0) is 19.5 Å². The maximum atomic E-state index is 12.6. The van der Waals surface area contributed by atoms with E-state index in [2.05, 4.69) is 18.3 Å². The number of halogens is 3. The van der Waals surface area contributed by atoms with Gasteiger partial charge in [0.25, 0.3) is 0 Å².